The van der Waals surface area contributed by atoms with Crippen molar-refractivity contribution in [3.63, 3.8) is 0 Å². The molecule has 9 nitrogen and oxygen atoms in total. The lowest BCUT2D eigenvalue weighted by atomic mass is 10.0. The molecule has 0 saturated heterocycles. The second-order valence-electron chi connectivity index (χ2n) is 8.25. The predicted octanol–water partition coefficient (Wildman–Crippen LogP) is 3.92. The fourth-order valence-electron chi connectivity index (χ4n) is 3.99. The number of fused-ring (bicyclic) bond motifs is 1. The molecular formula is C26H27N3O6. The highest BCUT2D eigenvalue weighted by molar-refractivity contribution is 5.90. The van der Waals surface area contributed by atoms with Crippen LogP contribution in [0.15, 0.2) is 65.6 Å². The minimum Gasteiger partial charge on any atom is -0.481 e. The number of ether oxygens (including phenoxy) is 2. The number of hydrogen-bond acceptors (Lipinski definition) is 5. The molecule has 0 bridgehead atoms. The zero-order chi connectivity index (χ0) is 24.8. The van der Waals surface area contributed by atoms with E-state index in [-0.39, 0.29) is 24.5 Å². The number of carboxylic acids is 1. The van der Waals surface area contributed by atoms with E-state index in [1.807, 2.05) is 43.3 Å². The van der Waals surface area contributed by atoms with Crippen LogP contribution in [-0.2, 0) is 17.8 Å². The van der Waals surface area contributed by atoms with Crippen molar-refractivity contribution in [2.24, 2.45) is 0 Å². The molecule has 0 aliphatic carbocycles. The molecule has 0 spiro atoms. The minimum absolute atomic E-state index is 0.0831. The van der Waals surface area contributed by atoms with Crippen LogP contribution in [0, 0.1) is 0 Å². The summed E-state index contributed by atoms with van der Waals surface area (Å²) in [6.07, 6.45) is 2.78. The number of anilines is 1. The van der Waals surface area contributed by atoms with Gasteiger partial charge >= 0.3 is 12.0 Å². The van der Waals surface area contributed by atoms with Gasteiger partial charge in [-0.2, -0.15) is 0 Å². The Labute approximate surface area is 202 Å². The molecule has 9 heteroatoms. The van der Waals surface area contributed by atoms with Gasteiger partial charge in [0.2, 0.25) is 6.79 Å². The monoisotopic (exact) mass is 477 g/mol. The zero-order valence-corrected chi connectivity index (χ0v) is 19.3. The smallest absolute Gasteiger partial charge is 0.319 e. The molecule has 3 aromatic rings. The number of nitrogens with one attached hydrogen (secondary N) is 2. The van der Waals surface area contributed by atoms with Gasteiger partial charge in [0.15, 0.2) is 11.5 Å². The Morgan fingerprint density at radius 2 is 1.86 bits per heavy atom. The van der Waals surface area contributed by atoms with E-state index < -0.39 is 18.0 Å². The van der Waals surface area contributed by atoms with Gasteiger partial charge < -0.3 is 29.8 Å². The van der Waals surface area contributed by atoms with Crippen molar-refractivity contribution in [3.8, 4) is 11.5 Å². The second kappa shape index (κ2) is 10.8. The summed E-state index contributed by atoms with van der Waals surface area (Å²) in [5, 5.41) is 14.8. The first-order valence-electron chi connectivity index (χ1n) is 11.4. The standard InChI is InChI=1S/C26H27N3O6/c1-2-6-18-11-12-29(15-17-7-4-3-5-8-17)25(32)24(18)28-26(33)27-20(14-23(30)31)19-9-10-21-22(13-19)35-16-34-21/h3-5,7-13,20H,2,6,14-16H2,1H3,(H,30,31)(H2,27,28,33)/t20-/m0/s1. The minimum atomic E-state index is -1.08. The number of rotatable bonds is 9. The molecule has 0 fully saturated rings. The van der Waals surface area contributed by atoms with Gasteiger partial charge in [-0.25, -0.2) is 4.79 Å². The third kappa shape index (κ3) is 5.81. The summed E-state index contributed by atoms with van der Waals surface area (Å²) in [4.78, 5) is 37.7. The maximum absolute atomic E-state index is 13.3. The van der Waals surface area contributed by atoms with Crippen LogP contribution in [0.1, 0.15) is 42.5 Å². The van der Waals surface area contributed by atoms with Gasteiger partial charge in [-0.3, -0.25) is 9.59 Å². The molecule has 2 amide bonds. The van der Waals surface area contributed by atoms with Crippen LogP contribution < -0.4 is 25.7 Å². The molecule has 3 N–H and O–H groups in total. The first-order valence-corrected chi connectivity index (χ1v) is 11.4. The Morgan fingerprint density at radius 3 is 2.60 bits per heavy atom. The summed E-state index contributed by atoms with van der Waals surface area (Å²) < 4.78 is 12.2. The van der Waals surface area contributed by atoms with Gasteiger partial charge in [0.05, 0.1) is 19.0 Å². The first kappa shape index (κ1) is 23.9. The highest BCUT2D eigenvalue weighted by atomic mass is 16.7. The third-order valence-electron chi connectivity index (χ3n) is 5.69. The first-order chi connectivity index (χ1) is 16.9. The van der Waals surface area contributed by atoms with Crippen LogP contribution in [0.5, 0.6) is 11.5 Å². The number of aromatic nitrogens is 1. The number of carbonyl (C=O) groups excluding carboxylic acids is 1. The summed E-state index contributed by atoms with van der Waals surface area (Å²) in [7, 11) is 0. The van der Waals surface area contributed by atoms with Gasteiger partial charge in [0.1, 0.15) is 5.69 Å². The average Bonchev–Trinajstić information content (AvgIpc) is 3.31. The molecule has 2 aromatic carbocycles. The molecule has 1 aromatic heterocycles. The van der Waals surface area contributed by atoms with Gasteiger partial charge in [-0.1, -0.05) is 49.7 Å². The SMILES string of the molecule is CCCc1ccn(Cc2ccccc2)c(=O)c1NC(=O)N[C@@H](CC(=O)O)c1ccc2c(c1)OCO2. The van der Waals surface area contributed by atoms with Gasteiger partial charge in [0.25, 0.3) is 5.56 Å². The van der Waals surface area contributed by atoms with E-state index in [0.29, 0.717) is 30.0 Å². The van der Waals surface area contributed by atoms with Crippen LogP contribution in [-0.4, -0.2) is 28.5 Å². The number of urea groups is 1. The summed E-state index contributed by atoms with van der Waals surface area (Å²) in [5.74, 6) is -0.0403. The number of benzene rings is 2. The van der Waals surface area contributed by atoms with Crippen molar-refractivity contribution < 1.29 is 24.2 Å². The van der Waals surface area contributed by atoms with E-state index >= 15 is 0 Å². The molecule has 0 unspecified atom stereocenters. The highest BCUT2D eigenvalue weighted by Crippen LogP contribution is 2.34. The summed E-state index contributed by atoms with van der Waals surface area (Å²) >= 11 is 0. The van der Waals surface area contributed by atoms with Crippen LogP contribution in [0.3, 0.4) is 0 Å². The van der Waals surface area contributed by atoms with E-state index in [1.165, 1.54) is 4.57 Å². The molecule has 0 saturated carbocycles. The van der Waals surface area contributed by atoms with Crippen molar-refractivity contribution in [1.82, 2.24) is 9.88 Å². The van der Waals surface area contributed by atoms with E-state index in [0.717, 1.165) is 17.5 Å². The van der Waals surface area contributed by atoms with Crippen LogP contribution >= 0.6 is 0 Å². The van der Waals surface area contributed by atoms with Crippen LogP contribution in [0.2, 0.25) is 0 Å². The van der Waals surface area contributed by atoms with Crippen LogP contribution in [0.4, 0.5) is 10.5 Å². The molecule has 35 heavy (non-hydrogen) atoms. The topological polar surface area (TPSA) is 119 Å². The van der Waals surface area contributed by atoms with Crippen molar-refractivity contribution >= 4 is 17.7 Å². The van der Waals surface area contributed by atoms with Crippen LogP contribution in [0.25, 0.3) is 0 Å². The second-order valence-corrected chi connectivity index (χ2v) is 8.25. The van der Waals surface area contributed by atoms with E-state index in [4.69, 9.17) is 9.47 Å². The molecule has 1 atom stereocenters. The molecule has 2 heterocycles. The fourth-order valence-corrected chi connectivity index (χ4v) is 3.99. The Bertz CT molecular complexity index is 1270. The van der Waals surface area contributed by atoms with Crippen molar-refractivity contribution in [2.45, 2.75) is 38.8 Å². The number of aryl methyl sites for hydroxylation is 1. The quantitative estimate of drug-likeness (QED) is 0.430. The van der Waals surface area contributed by atoms with Crippen molar-refractivity contribution in [2.75, 3.05) is 12.1 Å². The largest absolute Gasteiger partial charge is 0.481 e. The predicted molar refractivity (Wildman–Crippen MR) is 130 cm³/mol. The van der Waals surface area contributed by atoms with Crippen molar-refractivity contribution in [3.05, 3.63) is 87.8 Å². The van der Waals surface area contributed by atoms with Crippen molar-refractivity contribution in [1.29, 1.82) is 0 Å². The van der Waals surface area contributed by atoms with Gasteiger partial charge in [0, 0.05) is 6.20 Å². The Hall–Kier alpha value is -4.27. The lowest BCUT2D eigenvalue weighted by Crippen LogP contribution is -2.36. The van der Waals surface area contributed by atoms with Gasteiger partial charge in [-0.15, -0.1) is 0 Å². The molecule has 182 valence electrons. The van der Waals surface area contributed by atoms with E-state index in [1.54, 1.807) is 24.4 Å². The third-order valence-corrected chi connectivity index (χ3v) is 5.69. The Balaban J connectivity index is 1.57. The zero-order valence-electron chi connectivity index (χ0n) is 19.3. The Kier molecular flexibility index (Phi) is 7.35. The summed E-state index contributed by atoms with van der Waals surface area (Å²) in [6, 6.07) is 14.9. The summed E-state index contributed by atoms with van der Waals surface area (Å²) in [6.45, 7) is 2.43. The van der Waals surface area contributed by atoms with Gasteiger partial charge in [-0.05, 0) is 41.3 Å². The highest BCUT2D eigenvalue weighted by Gasteiger charge is 2.23. The molecule has 1 aliphatic rings. The maximum Gasteiger partial charge on any atom is 0.319 e. The average molecular weight is 478 g/mol. The fraction of sp³-hybridized carbons (Fsp3) is 0.269. The number of carboxylic acid groups (broad SMARTS) is 1. The molecule has 4 rings (SSSR count). The lowest BCUT2D eigenvalue weighted by molar-refractivity contribution is -0.137. The van der Waals surface area contributed by atoms with E-state index in [9.17, 15) is 19.5 Å². The molecule has 0 radical (unpaired) electrons. The number of amides is 2. The maximum atomic E-state index is 13.3. The number of nitrogens with zero attached hydrogens (tertiary/aromatic N) is 1. The van der Waals surface area contributed by atoms with E-state index in [2.05, 4.69) is 10.6 Å². The molecular weight excluding hydrogens is 450 g/mol. The normalized spacial score (nSPS) is 12.7. The summed E-state index contributed by atoms with van der Waals surface area (Å²) in [5.41, 5.74) is 2.08. The molecule has 1 aliphatic heterocycles. The lowest BCUT2D eigenvalue weighted by Gasteiger charge is -2.19. The number of aliphatic carboxylic acids is 1. The number of carbonyl (C=O) groups is 2. The number of pyridine rings is 1. The number of hydrogen-bond donors (Lipinski definition) is 3. The Morgan fingerprint density at radius 1 is 1.09 bits per heavy atom.